The molecule has 0 aliphatic heterocycles. The molecule has 1 aromatic rings. The maximum atomic E-state index is 11.2. The summed E-state index contributed by atoms with van der Waals surface area (Å²) in [6, 6.07) is 6.57. The van der Waals surface area contributed by atoms with Gasteiger partial charge in [-0.05, 0) is 19.1 Å². The normalized spacial score (nSPS) is 11.6. The molecule has 0 aliphatic rings. The zero-order valence-corrected chi connectivity index (χ0v) is 9.93. The maximum absolute atomic E-state index is 11.2. The quantitative estimate of drug-likeness (QED) is 0.652. The van der Waals surface area contributed by atoms with Crippen LogP contribution in [0.15, 0.2) is 23.8 Å². The molecule has 0 heterocycles. The van der Waals surface area contributed by atoms with Crippen LogP contribution < -0.4 is 5.73 Å². The minimum absolute atomic E-state index is 0.00519. The van der Waals surface area contributed by atoms with E-state index in [-0.39, 0.29) is 11.3 Å². The highest BCUT2D eigenvalue weighted by molar-refractivity contribution is 6.37. The summed E-state index contributed by atoms with van der Waals surface area (Å²) >= 11 is 11.8. The Morgan fingerprint density at radius 2 is 1.88 bits per heavy atom. The number of nitriles is 1. The van der Waals surface area contributed by atoms with Gasteiger partial charge in [0.1, 0.15) is 11.6 Å². The van der Waals surface area contributed by atoms with Crippen LogP contribution in [0.2, 0.25) is 10.0 Å². The van der Waals surface area contributed by atoms with E-state index in [1.54, 1.807) is 24.3 Å². The van der Waals surface area contributed by atoms with E-state index in [0.29, 0.717) is 15.6 Å². The van der Waals surface area contributed by atoms with E-state index < -0.39 is 5.78 Å². The molecule has 0 aliphatic carbocycles. The van der Waals surface area contributed by atoms with Crippen molar-refractivity contribution in [3.63, 3.8) is 0 Å². The average Bonchev–Trinajstić information content (AvgIpc) is 2.17. The fourth-order valence-electron chi connectivity index (χ4n) is 1.21. The first kappa shape index (κ1) is 12.6. The summed E-state index contributed by atoms with van der Waals surface area (Å²) in [6.07, 6.45) is 0. The van der Waals surface area contributed by atoms with Crippen molar-refractivity contribution in [3.8, 4) is 6.07 Å². The molecule has 0 aromatic heterocycles. The number of Topliss-reactive ketones (excluding diaryl/α,β-unsaturated/α-hetero) is 1. The molecule has 1 rings (SSSR count). The van der Waals surface area contributed by atoms with Gasteiger partial charge in [-0.1, -0.05) is 29.3 Å². The Morgan fingerprint density at radius 1 is 1.38 bits per heavy atom. The van der Waals surface area contributed by atoms with Crippen molar-refractivity contribution in [2.75, 3.05) is 0 Å². The first-order chi connectivity index (χ1) is 7.49. The van der Waals surface area contributed by atoms with Gasteiger partial charge in [0.15, 0.2) is 5.78 Å². The summed E-state index contributed by atoms with van der Waals surface area (Å²) in [4.78, 5) is 11.2. The number of ketones is 1. The SMILES string of the molecule is CC(=O)/C(C#N)=C(\N)c1c(Cl)cccc1Cl. The Balaban J connectivity index is 3.51. The number of halogens is 2. The molecular weight excluding hydrogens is 247 g/mol. The molecule has 0 saturated carbocycles. The maximum Gasteiger partial charge on any atom is 0.172 e. The molecule has 0 bridgehead atoms. The van der Waals surface area contributed by atoms with Crippen molar-refractivity contribution in [2.24, 2.45) is 5.73 Å². The van der Waals surface area contributed by atoms with Crippen LogP contribution in [-0.4, -0.2) is 5.78 Å². The second kappa shape index (κ2) is 5.02. The smallest absolute Gasteiger partial charge is 0.172 e. The first-order valence-electron chi connectivity index (χ1n) is 4.34. The molecule has 5 heteroatoms. The van der Waals surface area contributed by atoms with Gasteiger partial charge in [-0.15, -0.1) is 0 Å². The summed E-state index contributed by atoms with van der Waals surface area (Å²) in [5, 5.41) is 9.42. The standard InChI is InChI=1S/C11H8Cl2N2O/c1-6(16)7(5-14)11(15)10-8(12)3-2-4-9(10)13/h2-4H,15H2,1H3/b11-7-. The van der Waals surface area contributed by atoms with Gasteiger partial charge in [-0.25, -0.2) is 0 Å². The predicted molar refractivity (Wildman–Crippen MR) is 63.9 cm³/mol. The van der Waals surface area contributed by atoms with Gasteiger partial charge in [-0.2, -0.15) is 5.26 Å². The van der Waals surface area contributed by atoms with Crippen LogP contribution in [0.4, 0.5) is 0 Å². The Labute approximate surface area is 103 Å². The van der Waals surface area contributed by atoms with E-state index >= 15 is 0 Å². The second-order valence-corrected chi connectivity index (χ2v) is 3.87. The lowest BCUT2D eigenvalue weighted by atomic mass is 10.1. The van der Waals surface area contributed by atoms with Crippen molar-refractivity contribution in [2.45, 2.75) is 6.92 Å². The third kappa shape index (κ3) is 2.35. The summed E-state index contributed by atoms with van der Waals surface area (Å²) in [5.74, 6) is -0.420. The van der Waals surface area contributed by atoms with Crippen molar-refractivity contribution >= 4 is 34.7 Å². The van der Waals surface area contributed by atoms with Crippen molar-refractivity contribution in [1.29, 1.82) is 5.26 Å². The molecule has 0 spiro atoms. The summed E-state index contributed by atoms with van der Waals surface area (Å²) in [7, 11) is 0. The molecule has 3 nitrogen and oxygen atoms in total. The van der Waals surface area contributed by atoms with Crippen LogP contribution >= 0.6 is 23.2 Å². The number of carbonyl (C=O) groups is 1. The highest BCUT2D eigenvalue weighted by Crippen LogP contribution is 2.30. The van der Waals surface area contributed by atoms with Crippen molar-refractivity contribution in [1.82, 2.24) is 0 Å². The zero-order chi connectivity index (χ0) is 12.3. The summed E-state index contributed by atoms with van der Waals surface area (Å²) in [6.45, 7) is 1.26. The van der Waals surface area contributed by atoms with Crippen LogP contribution in [0.5, 0.6) is 0 Å². The van der Waals surface area contributed by atoms with Gasteiger partial charge < -0.3 is 5.73 Å². The molecule has 0 atom stereocenters. The molecule has 1 aromatic carbocycles. The molecule has 16 heavy (non-hydrogen) atoms. The van der Waals surface area contributed by atoms with Crippen LogP contribution in [0, 0.1) is 11.3 Å². The van der Waals surface area contributed by atoms with Gasteiger partial charge in [0, 0.05) is 5.56 Å². The number of hydrogen-bond donors (Lipinski definition) is 1. The molecule has 0 saturated heterocycles. The molecule has 0 radical (unpaired) electrons. The summed E-state index contributed by atoms with van der Waals surface area (Å²) in [5.41, 5.74) is 5.90. The minimum Gasteiger partial charge on any atom is -0.397 e. The predicted octanol–water partition coefficient (Wildman–Crippen LogP) is 2.78. The van der Waals surface area contributed by atoms with Gasteiger partial charge in [0.2, 0.25) is 0 Å². The minimum atomic E-state index is -0.420. The molecule has 0 amide bonds. The monoisotopic (exact) mass is 254 g/mol. The molecule has 2 N–H and O–H groups in total. The lowest BCUT2D eigenvalue weighted by Crippen LogP contribution is -2.07. The number of hydrogen-bond acceptors (Lipinski definition) is 3. The van der Waals surface area contributed by atoms with Crippen LogP contribution in [0.1, 0.15) is 12.5 Å². The Morgan fingerprint density at radius 3 is 2.25 bits per heavy atom. The van der Waals surface area contributed by atoms with E-state index in [2.05, 4.69) is 0 Å². The number of nitrogens with zero attached hydrogens (tertiary/aromatic N) is 1. The third-order valence-electron chi connectivity index (χ3n) is 1.97. The van der Waals surface area contributed by atoms with Crippen molar-refractivity contribution in [3.05, 3.63) is 39.4 Å². The fraction of sp³-hybridized carbons (Fsp3) is 0.0909. The van der Waals surface area contributed by atoms with Gasteiger partial charge in [-0.3, -0.25) is 4.79 Å². The van der Waals surface area contributed by atoms with Gasteiger partial charge in [0.25, 0.3) is 0 Å². The molecule has 82 valence electrons. The average molecular weight is 255 g/mol. The Hall–Kier alpha value is -1.50. The number of nitrogens with two attached hydrogens (primary N) is 1. The summed E-state index contributed by atoms with van der Waals surface area (Å²) < 4.78 is 0. The van der Waals surface area contributed by atoms with Gasteiger partial charge in [0.05, 0.1) is 15.7 Å². The lowest BCUT2D eigenvalue weighted by Gasteiger charge is -2.08. The Bertz CT molecular complexity index is 495. The first-order valence-corrected chi connectivity index (χ1v) is 5.09. The fourth-order valence-corrected chi connectivity index (χ4v) is 1.81. The number of allylic oxidation sites excluding steroid dienone is 1. The van der Waals surface area contributed by atoms with E-state index in [4.69, 9.17) is 34.2 Å². The van der Waals surface area contributed by atoms with E-state index in [0.717, 1.165) is 0 Å². The van der Waals surface area contributed by atoms with E-state index in [9.17, 15) is 4.79 Å². The number of rotatable bonds is 2. The van der Waals surface area contributed by atoms with Crippen LogP contribution in [0.3, 0.4) is 0 Å². The highest BCUT2D eigenvalue weighted by atomic mass is 35.5. The van der Waals surface area contributed by atoms with E-state index in [1.165, 1.54) is 6.92 Å². The van der Waals surface area contributed by atoms with Crippen LogP contribution in [0.25, 0.3) is 5.70 Å². The van der Waals surface area contributed by atoms with Crippen molar-refractivity contribution < 1.29 is 4.79 Å². The van der Waals surface area contributed by atoms with Crippen LogP contribution in [-0.2, 0) is 4.79 Å². The van der Waals surface area contributed by atoms with Gasteiger partial charge >= 0.3 is 0 Å². The molecular formula is C11H8Cl2N2O. The largest absolute Gasteiger partial charge is 0.397 e. The molecule has 0 unspecified atom stereocenters. The molecule has 0 fully saturated rings. The Kier molecular flexibility index (Phi) is 3.94. The highest BCUT2D eigenvalue weighted by Gasteiger charge is 2.15. The number of benzene rings is 1. The van der Waals surface area contributed by atoms with E-state index in [1.807, 2.05) is 0 Å². The lowest BCUT2D eigenvalue weighted by molar-refractivity contribution is -0.113. The number of carbonyl (C=O) groups excluding carboxylic acids is 1. The third-order valence-corrected chi connectivity index (χ3v) is 2.60. The topological polar surface area (TPSA) is 66.9 Å². The zero-order valence-electron chi connectivity index (χ0n) is 8.42. The second-order valence-electron chi connectivity index (χ2n) is 3.05.